The summed E-state index contributed by atoms with van der Waals surface area (Å²) in [6.07, 6.45) is 9.53. The van der Waals surface area contributed by atoms with Crippen LogP contribution in [-0.4, -0.2) is 22.5 Å². The third kappa shape index (κ3) is 6.91. The summed E-state index contributed by atoms with van der Waals surface area (Å²) < 4.78 is 0. The Kier molecular flexibility index (Phi) is 8.74. The maximum atomic E-state index is 5.28. The molecule has 0 heterocycles. The van der Waals surface area contributed by atoms with Gasteiger partial charge in [0.2, 0.25) is 0 Å². The molecular weight excluding hydrogens is 300 g/mol. The Morgan fingerprint density at radius 3 is 2.43 bits per heavy atom. The summed E-state index contributed by atoms with van der Waals surface area (Å²) in [4.78, 5) is 5.28. The fourth-order valence-electron chi connectivity index (χ4n) is 3.62. The minimum Gasteiger partial charge on any atom is -0.360 e. The van der Waals surface area contributed by atoms with Gasteiger partial charge in [0.05, 0.1) is 6.04 Å². The number of rotatable bonds is 5. The van der Waals surface area contributed by atoms with E-state index in [4.69, 9.17) is 4.99 Å². The highest BCUT2D eigenvalue weighted by Crippen LogP contribution is 2.39. The summed E-state index contributed by atoms with van der Waals surface area (Å²) >= 11 is 1.85. The van der Waals surface area contributed by atoms with Gasteiger partial charge in [-0.25, -0.2) is 0 Å². The van der Waals surface area contributed by atoms with Crippen molar-refractivity contribution in [2.24, 2.45) is 22.7 Å². The van der Waals surface area contributed by atoms with Crippen molar-refractivity contribution in [3.05, 3.63) is 12.2 Å². The molecule has 0 aromatic heterocycles. The van der Waals surface area contributed by atoms with Gasteiger partial charge in [-0.3, -0.25) is 4.99 Å². The average Bonchev–Trinajstić information content (AvgIpc) is 2.46. The van der Waals surface area contributed by atoms with Gasteiger partial charge in [-0.05, 0) is 51.9 Å². The number of hydrogen-bond acceptors (Lipinski definition) is 2. The molecule has 0 spiro atoms. The van der Waals surface area contributed by atoms with Gasteiger partial charge in [-0.2, -0.15) is 0 Å². The number of hydrogen-bond donors (Lipinski definition) is 1. The van der Waals surface area contributed by atoms with Crippen molar-refractivity contribution >= 4 is 16.9 Å². The third-order valence-corrected chi connectivity index (χ3v) is 5.78. The van der Waals surface area contributed by atoms with Crippen LogP contribution in [0.5, 0.6) is 0 Å². The molecule has 0 bridgehead atoms. The number of amidine groups is 1. The fraction of sp³-hybridized carbons (Fsp3) is 0.850. The van der Waals surface area contributed by atoms with E-state index < -0.39 is 0 Å². The van der Waals surface area contributed by atoms with Crippen LogP contribution in [0.2, 0.25) is 0 Å². The van der Waals surface area contributed by atoms with E-state index in [-0.39, 0.29) is 5.54 Å². The van der Waals surface area contributed by atoms with E-state index in [0.717, 1.165) is 28.7 Å². The van der Waals surface area contributed by atoms with Crippen molar-refractivity contribution in [1.82, 2.24) is 5.32 Å². The van der Waals surface area contributed by atoms with E-state index in [1.165, 1.54) is 25.7 Å². The third-order valence-electron chi connectivity index (χ3n) is 4.94. The van der Waals surface area contributed by atoms with Gasteiger partial charge in [-0.15, -0.1) is 0 Å². The second kappa shape index (κ2) is 9.76. The predicted molar refractivity (Wildman–Crippen MR) is 107 cm³/mol. The molecule has 0 saturated heterocycles. The molecule has 1 fully saturated rings. The Hall–Kier alpha value is -0.440. The summed E-state index contributed by atoms with van der Waals surface area (Å²) in [5, 5.41) is 4.78. The summed E-state index contributed by atoms with van der Waals surface area (Å²) in [5.74, 6) is 3.27. The number of thioether (sulfide) groups is 1. The molecule has 0 radical (unpaired) electrons. The van der Waals surface area contributed by atoms with Crippen LogP contribution in [-0.2, 0) is 0 Å². The van der Waals surface area contributed by atoms with Crippen LogP contribution in [0, 0.1) is 17.8 Å². The zero-order chi connectivity index (χ0) is 17.5. The van der Waals surface area contributed by atoms with Crippen molar-refractivity contribution in [1.29, 1.82) is 0 Å². The highest BCUT2D eigenvalue weighted by Gasteiger charge is 2.35. The van der Waals surface area contributed by atoms with Crippen LogP contribution >= 0.6 is 11.8 Å². The SMILES string of the molecule is CC=CCSC(=NC1C(CC)CCC(C)C1CC)NC(C)(C)C. The molecule has 2 nitrogen and oxygen atoms in total. The first kappa shape index (κ1) is 20.6. The van der Waals surface area contributed by atoms with Crippen molar-refractivity contribution in [2.75, 3.05) is 5.75 Å². The largest absolute Gasteiger partial charge is 0.360 e. The quantitative estimate of drug-likeness (QED) is 0.384. The van der Waals surface area contributed by atoms with Crippen molar-refractivity contribution in [3.8, 4) is 0 Å². The van der Waals surface area contributed by atoms with E-state index in [2.05, 4.69) is 65.9 Å². The molecule has 1 N–H and O–H groups in total. The Morgan fingerprint density at radius 1 is 1.22 bits per heavy atom. The molecule has 3 heteroatoms. The van der Waals surface area contributed by atoms with Crippen molar-refractivity contribution < 1.29 is 0 Å². The average molecular weight is 339 g/mol. The second-order valence-corrected chi connectivity index (χ2v) is 8.98. The van der Waals surface area contributed by atoms with Gasteiger partial charge < -0.3 is 5.32 Å². The fourth-order valence-corrected chi connectivity index (χ4v) is 4.64. The number of nitrogens with zero attached hydrogens (tertiary/aromatic N) is 1. The Morgan fingerprint density at radius 2 is 1.91 bits per heavy atom. The Balaban J connectivity index is 3.01. The molecule has 23 heavy (non-hydrogen) atoms. The molecule has 0 amide bonds. The molecular formula is C20H38N2S. The normalized spacial score (nSPS) is 30.0. The standard InChI is InChI=1S/C20H38N2S/c1-8-11-14-23-19(22-20(5,6)7)21-18-16(9-2)13-12-15(4)17(18)10-3/h8,11,15-18H,9-10,12-14H2,1-7H3,(H,21,22). The van der Waals surface area contributed by atoms with E-state index in [0.29, 0.717) is 6.04 Å². The van der Waals surface area contributed by atoms with Crippen molar-refractivity contribution in [3.63, 3.8) is 0 Å². The summed E-state index contributed by atoms with van der Waals surface area (Å²) in [6.45, 7) is 15.8. The summed E-state index contributed by atoms with van der Waals surface area (Å²) in [5.41, 5.74) is 0.0610. The van der Waals surface area contributed by atoms with Gasteiger partial charge in [-0.1, -0.05) is 63.9 Å². The zero-order valence-corrected chi connectivity index (χ0v) is 17.2. The predicted octanol–water partition coefficient (Wildman–Crippen LogP) is 5.89. The first-order valence-corrected chi connectivity index (χ1v) is 10.4. The molecule has 0 aliphatic heterocycles. The van der Waals surface area contributed by atoms with Gasteiger partial charge in [0.1, 0.15) is 0 Å². The lowest BCUT2D eigenvalue weighted by Gasteiger charge is -2.40. The minimum atomic E-state index is 0.0610. The monoisotopic (exact) mass is 338 g/mol. The summed E-state index contributed by atoms with van der Waals surface area (Å²) in [7, 11) is 0. The van der Waals surface area contributed by atoms with Crippen LogP contribution in [0.1, 0.15) is 74.1 Å². The lowest BCUT2D eigenvalue weighted by Crippen LogP contribution is -2.42. The van der Waals surface area contributed by atoms with E-state index >= 15 is 0 Å². The molecule has 4 unspecified atom stereocenters. The molecule has 1 aliphatic carbocycles. The Labute approximate surface area is 149 Å². The highest BCUT2D eigenvalue weighted by molar-refractivity contribution is 8.13. The maximum absolute atomic E-state index is 5.28. The van der Waals surface area contributed by atoms with Crippen LogP contribution in [0.3, 0.4) is 0 Å². The van der Waals surface area contributed by atoms with Crippen LogP contribution in [0.15, 0.2) is 17.1 Å². The zero-order valence-electron chi connectivity index (χ0n) is 16.4. The van der Waals surface area contributed by atoms with Crippen molar-refractivity contribution in [2.45, 2.75) is 85.7 Å². The van der Waals surface area contributed by atoms with Gasteiger partial charge in [0, 0.05) is 11.3 Å². The van der Waals surface area contributed by atoms with Crippen LogP contribution in [0.4, 0.5) is 0 Å². The first-order chi connectivity index (χ1) is 10.8. The Bertz CT molecular complexity index is 395. The number of allylic oxidation sites excluding steroid dienone is 1. The van der Waals surface area contributed by atoms with Crippen LogP contribution < -0.4 is 5.32 Å². The molecule has 1 aliphatic rings. The molecule has 0 aromatic carbocycles. The van der Waals surface area contributed by atoms with E-state index in [1.54, 1.807) is 0 Å². The summed E-state index contributed by atoms with van der Waals surface area (Å²) in [6, 6.07) is 0.483. The van der Waals surface area contributed by atoms with E-state index in [1.807, 2.05) is 11.8 Å². The maximum Gasteiger partial charge on any atom is 0.157 e. The second-order valence-electron chi connectivity index (χ2n) is 7.97. The topological polar surface area (TPSA) is 24.4 Å². The molecule has 134 valence electrons. The minimum absolute atomic E-state index is 0.0610. The number of nitrogens with one attached hydrogen (secondary N) is 1. The molecule has 0 aromatic rings. The molecule has 1 rings (SSSR count). The lowest BCUT2D eigenvalue weighted by molar-refractivity contribution is 0.150. The first-order valence-electron chi connectivity index (χ1n) is 9.42. The number of aliphatic imine (C=N–C) groups is 1. The lowest BCUT2D eigenvalue weighted by atomic mass is 9.69. The van der Waals surface area contributed by atoms with Crippen LogP contribution in [0.25, 0.3) is 0 Å². The smallest absolute Gasteiger partial charge is 0.157 e. The molecule has 1 saturated carbocycles. The van der Waals surface area contributed by atoms with E-state index in [9.17, 15) is 0 Å². The highest BCUT2D eigenvalue weighted by atomic mass is 32.2. The van der Waals surface area contributed by atoms with Gasteiger partial charge in [0.25, 0.3) is 0 Å². The van der Waals surface area contributed by atoms with Gasteiger partial charge in [0.15, 0.2) is 5.17 Å². The van der Waals surface area contributed by atoms with Gasteiger partial charge >= 0.3 is 0 Å². The molecule has 4 atom stereocenters.